The Bertz CT molecular complexity index is 671. The molecule has 0 aliphatic carbocycles. The molecule has 2 saturated heterocycles. The highest BCUT2D eigenvalue weighted by Gasteiger charge is 2.26. The number of anilines is 1. The van der Waals surface area contributed by atoms with Crippen molar-refractivity contribution in [2.75, 3.05) is 31.1 Å². The number of hydrogen-bond donors (Lipinski definition) is 0. The SMILES string of the molecule is Cc1ccn(-c2ccc(N3CCCC(N4CCCCCC4)C3)nn2)n1. The van der Waals surface area contributed by atoms with E-state index in [1.807, 2.05) is 25.3 Å². The van der Waals surface area contributed by atoms with Crippen LogP contribution in [-0.2, 0) is 0 Å². The maximum Gasteiger partial charge on any atom is 0.175 e. The summed E-state index contributed by atoms with van der Waals surface area (Å²) >= 11 is 0. The van der Waals surface area contributed by atoms with Crippen LogP contribution in [0.4, 0.5) is 5.82 Å². The summed E-state index contributed by atoms with van der Waals surface area (Å²) in [6.45, 7) is 6.67. The minimum atomic E-state index is 0.669. The molecule has 4 heterocycles. The highest BCUT2D eigenvalue weighted by molar-refractivity contribution is 5.40. The first kappa shape index (κ1) is 16.5. The predicted octanol–water partition coefficient (Wildman–Crippen LogP) is 2.82. The number of rotatable bonds is 3. The number of likely N-dealkylation sites (tertiary alicyclic amines) is 1. The van der Waals surface area contributed by atoms with Crippen LogP contribution in [0.2, 0.25) is 0 Å². The van der Waals surface area contributed by atoms with Crippen molar-refractivity contribution in [1.29, 1.82) is 0 Å². The zero-order valence-corrected chi connectivity index (χ0v) is 15.1. The van der Waals surface area contributed by atoms with E-state index < -0.39 is 0 Å². The third-order valence-electron chi connectivity index (χ3n) is 5.47. The number of aryl methyl sites for hydroxylation is 1. The number of aromatic nitrogens is 4. The van der Waals surface area contributed by atoms with Crippen LogP contribution in [0, 0.1) is 6.92 Å². The molecule has 2 aliphatic heterocycles. The summed E-state index contributed by atoms with van der Waals surface area (Å²) in [7, 11) is 0. The van der Waals surface area contributed by atoms with Gasteiger partial charge in [0, 0.05) is 25.3 Å². The van der Waals surface area contributed by atoms with Gasteiger partial charge in [0.05, 0.1) is 5.69 Å². The van der Waals surface area contributed by atoms with Crippen molar-refractivity contribution >= 4 is 5.82 Å². The molecular formula is C19H28N6. The number of hydrogen-bond acceptors (Lipinski definition) is 5. The summed E-state index contributed by atoms with van der Waals surface area (Å²) in [5.74, 6) is 1.77. The summed E-state index contributed by atoms with van der Waals surface area (Å²) < 4.78 is 1.78. The van der Waals surface area contributed by atoms with Crippen LogP contribution in [0.5, 0.6) is 0 Å². The zero-order chi connectivity index (χ0) is 17.1. The van der Waals surface area contributed by atoms with Crippen molar-refractivity contribution < 1.29 is 0 Å². The van der Waals surface area contributed by atoms with Gasteiger partial charge >= 0.3 is 0 Å². The molecule has 4 rings (SSSR count). The van der Waals surface area contributed by atoms with Crippen molar-refractivity contribution in [2.24, 2.45) is 0 Å². The van der Waals surface area contributed by atoms with E-state index in [9.17, 15) is 0 Å². The van der Waals surface area contributed by atoms with Crippen LogP contribution >= 0.6 is 0 Å². The lowest BCUT2D eigenvalue weighted by atomic mass is 10.0. The second-order valence-electron chi connectivity index (χ2n) is 7.34. The minimum Gasteiger partial charge on any atom is -0.354 e. The van der Waals surface area contributed by atoms with Gasteiger partial charge in [0.15, 0.2) is 11.6 Å². The monoisotopic (exact) mass is 340 g/mol. The third-order valence-corrected chi connectivity index (χ3v) is 5.47. The Labute approximate surface area is 149 Å². The van der Waals surface area contributed by atoms with E-state index in [1.165, 1.54) is 51.6 Å². The molecule has 0 aromatic carbocycles. The van der Waals surface area contributed by atoms with E-state index in [0.717, 1.165) is 30.4 Å². The fraction of sp³-hybridized carbons (Fsp3) is 0.632. The standard InChI is InChI=1S/C19H28N6/c1-16-10-14-25(22-16)19-9-8-18(20-21-19)24-13-6-7-17(15-24)23-11-4-2-3-5-12-23/h8-10,14,17H,2-7,11-13,15H2,1H3. The average molecular weight is 340 g/mol. The lowest BCUT2D eigenvalue weighted by Crippen LogP contribution is -2.48. The van der Waals surface area contributed by atoms with Gasteiger partial charge in [0.2, 0.25) is 0 Å². The summed E-state index contributed by atoms with van der Waals surface area (Å²) in [6, 6.07) is 6.75. The van der Waals surface area contributed by atoms with E-state index in [1.54, 1.807) is 4.68 Å². The quantitative estimate of drug-likeness (QED) is 0.860. The van der Waals surface area contributed by atoms with Crippen LogP contribution in [-0.4, -0.2) is 57.1 Å². The molecule has 0 amide bonds. The average Bonchev–Trinajstić information content (AvgIpc) is 2.92. The first-order valence-corrected chi connectivity index (χ1v) is 9.65. The minimum absolute atomic E-state index is 0.669. The zero-order valence-electron chi connectivity index (χ0n) is 15.1. The Hall–Kier alpha value is -1.95. The van der Waals surface area contributed by atoms with Crippen molar-refractivity contribution in [1.82, 2.24) is 24.9 Å². The van der Waals surface area contributed by atoms with Crippen LogP contribution in [0.1, 0.15) is 44.2 Å². The second-order valence-corrected chi connectivity index (χ2v) is 7.34. The highest BCUT2D eigenvalue weighted by Crippen LogP contribution is 2.23. The number of nitrogens with zero attached hydrogens (tertiary/aromatic N) is 6. The second kappa shape index (κ2) is 7.52. The first-order valence-electron chi connectivity index (χ1n) is 9.65. The molecule has 0 saturated carbocycles. The van der Waals surface area contributed by atoms with Gasteiger partial charge < -0.3 is 4.90 Å². The molecule has 134 valence electrons. The van der Waals surface area contributed by atoms with Crippen molar-refractivity contribution in [3.05, 3.63) is 30.1 Å². The van der Waals surface area contributed by atoms with Gasteiger partial charge in [-0.25, -0.2) is 4.68 Å². The van der Waals surface area contributed by atoms with Gasteiger partial charge in [-0.2, -0.15) is 5.10 Å². The Morgan fingerprint density at radius 2 is 1.64 bits per heavy atom. The summed E-state index contributed by atoms with van der Waals surface area (Å²) in [5.41, 5.74) is 0.988. The Morgan fingerprint density at radius 1 is 0.880 bits per heavy atom. The first-order chi connectivity index (χ1) is 12.3. The Morgan fingerprint density at radius 3 is 2.32 bits per heavy atom. The van der Waals surface area contributed by atoms with Crippen LogP contribution in [0.15, 0.2) is 24.4 Å². The third kappa shape index (κ3) is 3.84. The topological polar surface area (TPSA) is 50.1 Å². The van der Waals surface area contributed by atoms with Gasteiger partial charge in [-0.15, -0.1) is 10.2 Å². The molecule has 0 bridgehead atoms. The van der Waals surface area contributed by atoms with Crippen LogP contribution in [0.25, 0.3) is 5.82 Å². The largest absolute Gasteiger partial charge is 0.354 e. The normalized spacial score (nSPS) is 22.8. The summed E-state index contributed by atoms with van der Waals surface area (Å²) in [5, 5.41) is 13.3. The van der Waals surface area contributed by atoms with E-state index >= 15 is 0 Å². The molecule has 1 unspecified atom stereocenters. The molecule has 2 fully saturated rings. The smallest absolute Gasteiger partial charge is 0.175 e. The molecule has 25 heavy (non-hydrogen) atoms. The molecule has 2 aromatic heterocycles. The highest BCUT2D eigenvalue weighted by atomic mass is 15.4. The predicted molar refractivity (Wildman–Crippen MR) is 99.2 cm³/mol. The molecule has 6 heteroatoms. The van der Waals surface area contributed by atoms with E-state index in [4.69, 9.17) is 0 Å². The van der Waals surface area contributed by atoms with Crippen molar-refractivity contribution in [2.45, 2.75) is 51.5 Å². The van der Waals surface area contributed by atoms with Gasteiger partial charge in [0.25, 0.3) is 0 Å². The lowest BCUT2D eigenvalue weighted by Gasteiger charge is -2.39. The molecule has 1 atom stereocenters. The lowest BCUT2D eigenvalue weighted by molar-refractivity contribution is 0.181. The molecule has 6 nitrogen and oxygen atoms in total. The van der Waals surface area contributed by atoms with Crippen LogP contribution in [0.3, 0.4) is 0 Å². The fourth-order valence-corrected chi connectivity index (χ4v) is 4.07. The Kier molecular flexibility index (Phi) is 4.97. The van der Waals surface area contributed by atoms with Gasteiger partial charge in [-0.05, 0) is 63.9 Å². The fourth-order valence-electron chi connectivity index (χ4n) is 4.07. The van der Waals surface area contributed by atoms with E-state index in [2.05, 4.69) is 31.2 Å². The summed E-state index contributed by atoms with van der Waals surface area (Å²) in [6.07, 6.45) is 9.98. The van der Waals surface area contributed by atoms with Crippen molar-refractivity contribution in [3.63, 3.8) is 0 Å². The molecule has 2 aliphatic rings. The van der Waals surface area contributed by atoms with Crippen LogP contribution < -0.4 is 4.90 Å². The molecule has 0 spiro atoms. The molecule has 0 radical (unpaired) electrons. The van der Waals surface area contributed by atoms with Crippen molar-refractivity contribution in [3.8, 4) is 5.82 Å². The molecular weight excluding hydrogens is 312 g/mol. The molecule has 0 N–H and O–H groups in total. The van der Waals surface area contributed by atoms with Gasteiger partial charge in [0.1, 0.15) is 0 Å². The van der Waals surface area contributed by atoms with Gasteiger partial charge in [-0.3, -0.25) is 4.90 Å². The molecule has 2 aromatic rings. The Balaban J connectivity index is 1.44. The summed E-state index contributed by atoms with van der Waals surface area (Å²) in [4.78, 5) is 5.12. The van der Waals surface area contributed by atoms with E-state index in [0.29, 0.717) is 6.04 Å². The van der Waals surface area contributed by atoms with Gasteiger partial charge in [-0.1, -0.05) is 12.8 Å². The maximum absolute atomic E-state index is 4.48. The maximum atomic E-state index is 4.48. The van der Waals surface area contributed by atoms with E-state index in [-0.39, 0.29) is 0 Å². The number of piperidine rings is 1.